The first-order chi connectivity index (χ1) is 12.9. The molecule has 7 heteroatoms. The molecule has 1 N–H and O–H groups in total. The molecule has 0 saturated carbocycles. The van der Waals surface area contributed by atoms with Crippen molar-refractivity contribution < 1.29 is 19.1 Å². The zero-order chi connectivity index (χ0) is 19.8. The van der Waals surface area contributed by atoms with Crippen LogP contribution < -0.4 is 5.32 Å². The van der Waals surface area contributed by atoms with Crippen molar-refractivity contribution in [1.82, 2.24) is 10.2 Å². The number of amides is 2. The number of piperidine rings is 1. The molecule has 0 aliphatic carbocycles. The van der Waals surface area contributed by atoms with Crippen molar-refractivity contribution in [3.8, 4) is 0 Å². The summed E-state index contributed by atoms with van der Waals surface area (Å²) in [5.41, 5.74) is 0.375. The van der Waals surface area contributed by atoms with E-state index in [9.17, 15) is 14.4 Å². The zero-order valence-electron chi connectivity index (χ0n) is 16.2. The summed E-state index contributed by atoms with van der Waals surface area (Å²) in [5.74, 6) is -0.0928. The lowest BCUT2D eigenvalue weighted by Gasteiger charge is -2.30. The first kappa shape index (κ1) is 21.3. The van der Waals surface area contributed by atoms with Crippen molar-refractivity contribution in [2.45, 2.75) is 44.6 Å². The van der Waals surface area contributed by atoms with Gasteiger partial charge >= 0.3 is 5.97 Å². The second-order valence-corrected chi connectivity index (χ2v) is 8.19. The molecule has 2 amide bonds. The van der Waals surface area contributed by atoms with E-state index in [0.29, 0.717) is 22.9 Å². The van der Waals surface area contributed by atoms with E-state index < -0.39 is 5.97 Å². The average Bonchev–Trinajstić information content (AvgIpc) is 2.64. The average molecular weight is 393 g/mol. The molecule has 1 saturated heterocycles. The number of carbonyl (C=O) groups is 3. The van der Waals surface area contributed by atoms with Gasteiger partial charge in [0.25, 0.3) is 5.91 Å². The van der Waals surface area contributed by atoms with Gasteiger partial charge in [0.15, 0.2) is 6.61 Å². The molecular formula is C20H28N2O4S. The lowest BCUT2D eigenvalue weighted by molar-refractivity contribution is -0.136. The molecule has 0 bridgehead atoms. The van der Waals surface area contributed by atoms with E-state index in [0.717, 1.165) is 19.4 Å². The van der Waals surface area contributed by atoms with Crippen LogP contribution in [-0.2, 0) is 14.3 Å². The second-order valence-electron chi connectivity index (χ2n) is 7.17. The molecule has 1 aromatic rings. The van der Waals surface area contributed by atoms with Crippen LogP contribution in [0.1, 0.15) is 44.0 Å². The Kier molecular flexibility index (Phi) is 8.16. The van der Waals surface area contributed by atoms with Gasteiger partial charge in [-0.3, -0.25) is 9.59 Å². The lowest BCUT2D eigenvalue weighted by Crippen LogP contribution is -2.41. The number of nitrogens with one attached hydrogen (secondary N) is 1. The topological polar surface area (TPSA) is 75.7 Å². The summed E-state index contributed by atoms with van der Waals surface area (Å²) in [6.07, 6.45) is 2.11. The first-order valence-corrected chi connectivity index (χ1v) is 10.3. The normalized spacial score (nSPS) is 16.9. The van der Waals surface area contributed by atoms with Gasteiger partial charge in [0.05, 0.1) is 11.3 Å². The zero-order valence-corrected chi connectivity index (χ0v) is 17.0. The number of benzene rings is 1. The summed E-state index contributed by atoms with van der Waals surface area (Å²) in [6, 6.07) is 7.04. The fourth-order valence-electron chi connectivity index (χ4n) is 2.98. The van der Waals surface area contributed by atoms with Gasteiger partial charge in [0, 0.05) is 24.0 Å². The number of esters is 1. The van der Waals surface area contributed by atoms with Crippen molar-refractivity contribution in [3.05, 3.63) is 29.8 Å². The molecule has 1 aliphatic heterocycles. The Morgan fingerprint density at radius 2 is 2.04 bits per heavy atom. The van der Waals surface area contributed by atoms with Crippen molar-refractivity contribution in [2.75, 3.05) is 25.4 Å². The van der Waals surface area contributed by atoms with E-state index in [2.05, 4.69) is 12.2 Å². The van der Waals surface area contributed by atoms with Crippen LogP contribution in [0.5, 0.6) is 0 Å². The van der Waals surface area contributed by atoms with Gasteiger partial charge in [0.2, 0.25) is 5.91 Å². The molecule has 0 aromatic heterocycles. The summed E-state index contributed by atoms with van der Waals surface area (Å²) in [6.45, 7) is 7.10. The maximum atomic E-state index is 12.4. The Labute approximate surface area is 165 Å². The fraction of sp³-hybridized carbons (Fsp3) is 0.550. The largest absolute Gasteiger partial charge is 0.452 e. The maximum absolute atomic E-state index is 12.4. The fourth-order valence-corrected chi connectivity index (χ4v) is 3.83. The summed E-state index contributed by atoms with van der Waals surface area (Å²) in [4.78, 5) is 39.0. The quantitative estimate of drug-likeness (QED) is 0.570. The molecule has 1 fully saturated rings. The molecule has 0 radical (unpaired) electrons. The highest BCUT2D eigenvalue weighted by Gasteiger charge is 2.22. The van der Waals surface area contributed by atoms with E-state index in [1.165, 1.54) is 11.8 Å². The number of hydrogen-bond acceptors (Lipinski definition) is 5. The summed E-state index contributed by atoms with van der Waals surface area (Å²) in [7, 11) is 0. The second kappa shape index (κ2) is 10.3. The number of ether oxygens (including phenoxy) is 1. The van der Waals surface area contributed by atoms with Crippen LogP contribution in [0.15, 0.2) is 29.2 Å². The van der Waals surface area contributed by atoms with E-state index in [1.807, 2.05) is 13.8 Å². The maximum Gasteiger partial charge on any atom is 0.339 e. The van der Waals surface area contributed by atoms with Gasteiger partial charge in [-0.1, -0.05) is 19.1 Å². The van der Waals surface area contributed by atoms with Crippen LogP contribution in [0.3, 0.4) is 0 Å². The van der Waals surface area contributed by atoms with Crippen LogP contribution in [0.25, 0.3) is 0 Å². The molecule has 1 heterocycles. The monoisotopic (exact) mass is 392 g/mol. The van der Waals surface area contributed by atoms with E-state index >= 15 is 0 Å². The van der Waals surface area contributed by atoms with E-state index in [4.69, 9.17) is 4.74 Å². The summed E-state index contributed by atoms with van der Waals surface area (Å²) in [5, 5.41) is 2.82. The molecule has 148 valence electrons. The molecule has 6 nitrogen and oxygen atoms in total. The highest BCUT2D eigenvalue weighted by Crippen LogP contribution is 2.23. The number of nitrogens with zero attached hydrogens (tertiary/aromatic N) is 1. The minimum Gasteiger partial charge on any atom is -0.452 e. The predicted molar refractivity (Wildman–Crippen MR) is 106 cm³/mol. The Morgan fingerprint density at radius 3 is 2.74 bits per heavy atom. The van der Waals surface area contributed by atoms with Gasteiger partial charge in [-0.05, 0) is 44.7 Å². The van der Waals surface area contributed by atoms with E-state index in [-0.39, 0.29) is 30.2 Å². The Bertz CT molecular complexity index is 678. The van der Waals surface area contributed by atoms with Crippen molar-refractivity contribution in [3.63, 3.8) is 0 Å². The third-order valence-corrected chi connectivity index (χ3v) is 5.33. The third kappa shape index (κ3) is 6.90. The third-order valence-electron chi connectivity index (χ3n) is 4.25. The standard InChI is InChI=1S/C20H28N2O4S/c1-14(2)21-18(23)13-27-17-9-5-4-8-16(17)20(25)26-12-19(24)22-10-6-7-15(3)11-22/h4-5,8-9,14-15H,6-7,10-13H2,1-3H3,(H,21,23). The van der Waals surface area contributed by atoms with Gasteiger partial charge < -0.3 is 15.0 Å². The SMILES string of the molecule is CC1CCCN(C(=O)COC(=O)c2ccccc2SCC(=O)NC(C)C)C1. The number of thioether (sulfide) groups is 1. The summed E-state index contributed by atoms with van der Waals surface area (Å²) < 4.78 is 5.25. The first-order valence-electron chi connectivity index (χ1n) is 9.33. The van der Waals surface area contributed by atoms with Crippen molar-refractivity contribution >= 4 is 29.5 Å². The highest BCUT2D eigenvalue weighted by atomic mass is 32.2. The number of hydrogen-bond donors (Lipinski definition) is 1. The Hall–Kier alpha value is -2.02. The summed E-state index contributed by atoms with van der Waals surface area (Å²) >= 11 is 1.28. The van der Waals surface area contributed by atoms with Crippen molar-refractivity contribution in [1.29, 1.82) is 0 Å². The lowest BCUT2D eigenvalue weighted by atomic mass is 10.0. The number of rotatable bonds is 7. The van der Waals surface area contributed by atoms with Gasteiger partial charge in [-0.2, -0.15) is 0 Å². The molecule has 0 spiro atoms. The molecule has 2 rings (SSSR count). The highest BCUT2D eigenvalue weighted by molar-refractivity contribution is 8.00. The minimum absolute atomic E-state index is 0.0711. The molecule has 27 heavy (non-hydrogen) atoms. The van der Waals surface area contributed by atoms with Crippen LogP contribution in [0.2, 0.25) is 0 Å². The molecular weight excluding hydrogens is 364 g/mol. The van der Waals surface area contributed by atoms with Gasteiger partial charge in [0.1, 0.15) is 0 Å². The van der Waals surface area contributed by atoms with Crippen LogP contribution in [-0.4, -0.2) is 54.2 Å². The van der Waals surface area contributed by atoms with Crippen molar-refractivity contribution in [2.24, 2.45) is 5.92 Å². The smallest absolute Gasteiger partial charge is 0.339 e. The van der Waals surface area contributed by atoms with Crippen LogP contribution in [0.4, 0.5) is 0 Å². The van der Waals surface area contributed by atoms with Gasteiger partial charge in [-0.25, -0.2) is 4.79 Å². The number of likely N-dealkylation sites (tertiary alicyclic amines) is 1. The molecule has 1 aliphatic rings. The Balaban J connectivity index is 1.90. The minimum atomic E-state index is -0.541. The molecule has 1 aromatic carbocycles. The molecule has 1 atom stereocenters. The van der Waals surface area contributed by atoms with Crippen LogP contribution in [0, 0.1) is 5.92 Å². The predicted octanol–water partition coefficient (Wildman–Crippen LogP) is 2.72. The van der Waals surface area contributed by atoms with Crippen LogP contribution >= 0.6 is 11.8 Å². The van der Waals surface area contributed by atoms with Gasteiger partial charge in [-0.15, -0.1) is 11.8 Å². The number of carbonyl (C=O) groups excluding carboxylic acids is 3. The molecule has 1 unspecified atom stereocenters. The van der Waals surface area contributed by atoms with E-state index in [1.54, 1.807) is 29.2 Å². The Morgan fingerprint density at radius 1 is 1.30 bits per heavy atom.